The zero-order valence-corrected chi connectivity index (χ0v) is 10.7. The minimum atomic E-state index is -4.54. The molecule has 6 heteroatoms. The molecule has 1 fully saturated rings. The van der Waals surface area contributed by atoms with Crippen LogP contribution in [0.15, 0.2) is 18.2 Å². The van der Waals surface area contributed by atoms with Gasteiger partial charge in [-0.05, 0) is 36.7 Å². The van der Waals surface area contributed by atoms with Crippen LogP contribution in [0.4, 0.5) is 13.2 Å². The third-order valence-corrected chi connectivity index (χ3v) is 4.08. The SMILES string of the molecule is O=C(c1ccc2c(c1)CCO2)C1(C(F)(F)F)CCNC1. The predicted molar refractivity (Wildman–Crippen MR) is 65.9 cm³/mol. The number of halogens is 3. The Morgan fingerprint density at radius 1 is 1.35 bits per heavy atom. The van der Waals surface area contributed by atoms with Gasteiger partial charge in [0.25, 0.3) is 0 Å². The monoisotopic (exact) mass is 285 g/mol. The summed E-state index contributed by atoms with van der Waals surface area (Å²) in [6, 6.07) is 4.55. The first kappa shape index (κ1) is 13.4. The quantitative estimate of drug-likeness (QED) is 0.848. The van der Waals surface area contributed by atoms with Gasteiger partial charge in [0.2, 0.25) is 0 Å². The Balaban J connectivity index is 1.98. The van der Waals surface area contributed by atoms with Crippen LogP contribution in [-0.4, -0.2) is 31.7 Å². The Morgan fingerprint density at radius 3 is 2.80 bits per heavy atom. The molecule has 0 aromatic heterocycles. The maximum Gasteiger partial charge on any atom is 0.402 e. The lowest BCUT2D eigenvalue weighted by Crippen LogP contribution is -2.46. The van der Waals surface area contributed by atoms with Crippen molar-refractivity contribution >= 4 is 5.78 Å². The second kappa shape index (κ2) is 4.48. The summed E-state index contributed by atoms with van der Waals surface area (Å²) in [4.78, 5) is 12.4. The summed E-state index contributed by atoms with van der Waals surface area (Å²) in [6.07, 6.45) is -4.11. The highest BCUT2D eigenvalue weighted by molar-refractivity contribution is 6.02. The molecular weight excluding hydrogens is 271 g/mol. The molecule has 1 N–H and O–H groups in total. The molecule has 0 spiro atoms. The van der Waals surface area contributed by atoms with Crippen molar-refractivity contribution in [2.75, 3.05) is 19.7 Å². The van der Waals surface area contributed by atoms with Crippen LogP contribution in [0.1, 0.15) is 22.3 Å². The molecule has 0 amide bonds. The van der Waals surface area contributed by atoms with E-state index in [2.05, 4.69) is 5.32 Å². The van der Waals surface area contributed by atoms with Gasteiger partial charge in [0, 0.05) is 18.5 Å². The van der Waals surface area contributed by atoms with E-state index in [4.69, 9.17) is 4.74 Å². The van der Waals surface area contributed by atoms with Gasteiger partial charge in [-0.15, -0.1) is 0 Å². The van der Waals surface area contributed by atoms with Crippen molar-refractivity contribution in [3.05, 3.63) is 29.3 Å². The average molecular weight is 285 g/mol. The van der Waals surface area contributed by atoms with Gasteiger partial charge in [0.1, 0.15) is 11.2 Å². The second-order valence-electron chi connectivity index (χ2n) is 5.26. The fourth-order valence-corrected chi connectivity index (χ4v) is 2.86. The maximum atomic E-state index is 13.3. The highest BCUT2D eigenvalue weighted by atomic mass is 19.4. The molecule has 1 atom stereocenters. The van der Waals surface area contributed by atoms with E-state index in [-0.39, 0.29) is 25.1 Å². The first-order valence-corrected chi connectivity index (χ1v) is 6.52. The van der Waals surface area contributed by atoms with Gasteiger partial charge in [-0.2, -0.15) is 13.2 Å². The Bertz CT molecular complexity index is 548. The summed E-state index contributed by atoms with van der Waals surface area (Å²) in [5, 5.41) is 2.66. The number of carbonyl (C=O) groups excluding carboxylic acids is 1. The smallest absolute Gasteiger partial charge is 0.402 e. The molecule has 1 unspecified atom stereocenters. The third-order valence-electron chi connectivity index (χ3n) is 4.08. The predicted octanol–water partition coefficient (Wildman–Crippen LogP) is 2.35. The molecule has 2 heterocycles. The molecule has 2 aliphatic heterocycles. The Hall–Kier alpha value is -1.56. The van der Waals surface area contributed by atoms with Crippen molar-refractivity contribution in [1.29, 1.82) is 0 Å². The van der Waals surface area contributed by atoms with E-state index < -0.39 is 17.4 Å². The maximum absolute atomic E-state index is 13.3. The fraction of sp³-hybridized carbons (Fsp3) is 0.500. The number of Topliss-reactive ketones (excluding diaryl/α,β-unsaturated/α-hetero) is 1. The molecule has 1 aromatic rings. The van der Waals surface area contributed by atoms with Gasteiger partial charge < -0.3 is 10.1 Å². The van der Waals surface area contributed by atoms with Crippen LogP contribution < -0.4 is 10.1 Å². The molecular formula is C14H14F3NO2. The Morgan fingerprint density at radius 2 is 2.15 bits per heavy atom. The van der Waals surface area contributed by atoms with E-state index in [1.165, 1.54) is 12.1 Å². The Labute approximate surface area is 114 Å². The molecule has 3 nitrogen and oxygen atoms in total. The van der Waals surface area contributed by atoms with E-state index >= 15 is 0 Å². The van der Waals surface area contributed by atoms with Crippen LogP contribution in [0.2, 0.25) is 0 Å². The average Bonchev–Trinajstić information content (AvgIpc) is 3.05. The normalized spacial score (nSPS) is 25.4. The van der Waals surface area contributed by atoms with Crippen molar-refractivity contribution < 1.29 is 22.7 Å². The summed E-state index contributed by atoms with van der Waals surface area (Å²) in [5.74, 6) is -0.183. The van der Waals surface area contributed by atoms with Gasteiger partial charge in [0.05, 0.1) is 6.61 Å². The van der Waals surface area contributed by atoms with E-state index in [1.54, 1.807) is 6.07 Å². The number of ketones is 1. The summed E-state index contributed by atoms with van der Waals surface area (Å²) in [7, 11) is 0. The summed E-state index contributed by atoms with van der Waals surface area (Å²) >= 11 is 0. The van der Waals surface area contributed by atoms with E-state index in [1.807, 2.05) is 0 Å². The highest BCUT2D eigenvalue weighted by Gasteiger charge is 2.61. The second-order valence-corrected chi connectivity index (χ2v) is 5.26. The number of hydrogen-bond acceptors (Lipinski definition) is 3. The molecule has 0 aliphatic carbocycles. The number of fused-ring (bicyclic) bond motifs is 1. The number of hydrogen-bond donors (Lipinski definition) is 1. The van der Waals surface area contributed by atoms with Crippen molar-refractivity contribution in [3.8, 4) is 5.75 Å². The van der Waals surface area contributed by atoms with Crippen LogP contribution in [0.25, 0.3) is 0 Å². The Kier molecular flexibility index (Phi) is 3.01. The first-order chi connectivity index (χ1) is 9.44. The van der Waals surface area contributed by atoms with E-state index in [0.717, 1.165) is 5.56 Å². The molecule has 1 aromatic carbocycles. The summed E-state index contributed by atoms with van der Waals surface area (Å²) < 4.78 is 45.3. The van der Waals surface area contributed by atoms with Gasteiger partial charge in [-0.1, -0.05) is 0 Å². The van der Waals surface area contributed by atoms with Gasteiger partial charge >= 0.3 is 6.18 Å². The molecule has 20 heavy (non-hydrogen) atoms. The molecule has 3 rings (SSSR count). The van der Waals surface area contributed by atoms with Crippen molar-refractivity contribution in [3.63, 3.8) is 0 Å². The highest BCUT2D eigenvalue weighted by Crippen LogP contribution is 2.45. The van der Waals surface area contributed by atoms with Crippen LogP contribution in [-0.2, 0) is 6.42 Å². The van der Waals surface area contributed by atoms with Crippen molar-refractivity contribution in [2.45, 2.75) is 19.0 Å². The number of rotatable bonds is 2. The number of ether oxygens (including phenoxy) is 1. The summed E-state index contributed by atoms with van der Waals surface area (Å²) in [6.45, 7) is 0.376. The molecule has 0 radical (unpaired) electrons. The van der Waals surface area contributed by atoms with E-state index in [0.29, 0.717) is 18.8 Å². The minimum Gasteiger partial charge on any atom is -0.493 e. The van der Waals surface area contributed by atoms with Crippen LogP contribution in [0.5, 0.6) is 5.75 Å². The lowest BCUT2D eigenvalue weighted by atomic mass is 9.78. The number of carbonyl (C=O) groups is 1. The number of alkyl halides is 3. The number of benzene rings is 1. The lowest BCUT2D eigenvalue weighted by Gasteiger charge is -2.29. The topological polar surface area (TPSA) is 38.3 Å². The molecule has 0 bridgehead atoms. The van der Waals surface area contributed by atoms with Crippen LogP contribution in [0, 0.1) is 5.41 Å². The zero-order valence-electron chi connectivity index (χ0n) is 10.7. The minimum absolute atomic E-state index is 0.121. The van der Waals surface area contributed by atoms with E-state index in [9.17, 15) is 18.0 Å². The zero-order chi connectivity index (χ0) is 14.4. The molecule has 0 saturated carbocycles. The van der Waals surface area contributed by atoms with Crippen molar-refractivity contribution in [2.24, 2.45) is 5.41 Å². The van der Waals surface area contributed by atoms with Crippen LogP contribution in [0.3, 0.4) is 0 Å². The van der Waals surface area contributed by atoms with Crippen LogP contribution >= 0.6 is 0 Å². The molecule has 108 valence electrons. The van der Waals surface area contributed by atoms with Crippen molar-refractivity contribution in [1.82, 2.24) is 5.32 Å². The number of nitrogens with one attached hydrogen (secondary N) is 1. The van der Waals surface area contributed by atoms with Gasteiger partial charge in [0.15, 0.2) is 5.78 Å². The standard InChI is InChI=1S/C14H14F3NO2/c15-14(16,17)13(4-5-18-8-13)12(19)10-1-2-11-9(7-10)3-6-20-11/h1-2,7,18H,3-6,8H2. The molecule has 2 aliphatic rings. The molecule has 1 saturated heterocycles. The summed E-state index contributed by atoms with van der Waals surface area (Å²) in [5.41, 5.74) is -1.37. The fourth-order valence-electron chi connectivity index (χ4n) is 2.86. The third kappa shape index (κ3) is 1.90. The van der Waals surface area contributed by atoms with Gasteiger partial charge in [-0.3, -0.25) is 4.79 Å². The lowest BCUT2D eigenvalue weighted by molar-refractivity contribution is -0.197. The first-order valence-electron chi connectivity index (χ1n) is 6.52. The van der Waals surface area contributed by atoms with Gasteiger partial charge in [-0.25, -0.2) is 0 Å². The largest absolute Gasteiger partial charge is 0.493 e.